The minimum atomic E-state index is -1.97. The van der Waals surface area contributed by atoms with Gasteiger partial charge in [-0.15, -0.1) is 0 Å². The van der Waals surface area contributed by atoms with E-state index in [1.165, 1.54) is 13.8 Å². The molecule has 0 aromatic carbocycles. The average molecular weight is 545 g/mol. The van der Waals surface area contributed by atoms with E-state index < -0.39 is 57.2 Å². The van der Waals surface area contributed by atoms with E-state index in [0.29, 0.717) is 24.8 Å². The second kappa shape index (κ2) is 8.02. The topological polar surface area (TPSA) is 143 Å². The molecule has 214 valence electrons. The van der Waals surface area contributed by atoms with Crippen LogP contribution in [0.4, 0.5) is 0 Å². The van der Waals surface area contributed by atoms with E-state index in [2.05, 4.69) is 0 Å². The summed E-state index contributed by atoms with van der Waals surface area (Å²) >= 11 is 0. The lowest BCUT2D eigenvalue weighted by atomic mass is 9.42. The van der Waals surface area contributed by atoms with Crippen molar-refractivity contribution in [3.8, 4) is 0 Å². The summed E-state index contributed by atoms with van der Waals surface area (Å²) in [7, 11) is 0. The van der Waals surface area contributed by atoms with Gasteiger partial charge in [-0.3, -0.25) is 9.59 Å². The van der Waals surface area contributed by atoms with Crippen LogP contribution in [0.5, 0.6) is 0 Å². The molecule has 9 heteroatoms. The van der Waals surface area contributed by atoms with Crippen LogP contribution < -0.4 is 0 Å². The van der Waals surface area contributed by atoms with Crippen LogP contribution in [-0.2, 0) is 28.6 Å². The zero-order valence-corrected chi connectivity index (χ0v) is 23.4. The minimum Gasteiger partial charge on any atom is -0.465 e. The number of carbonyl (C=O) groups is 3. The van der Waals surface area contributed by atoms with Gasteiger partial charge in [0.25, 0.3) is 0 Å². The van der Waals surface area contributed by atoms with E-state index in [9.17, 15) is 29.7 Å². The molecule has 1 saturated heterocycles. The molecule has 2 aliphatic heterocycles. The van der Waals surface area contributed by atoms with Crippen molar-refractivity contribution < 1.29 is 43.9 Å². The normalized spacial score (nSPS) is 49.7. The van der Waals surface area contributed by atoms with Gasteiger partial charge in [0.15, 0.2) is 5.78 Å². The smallest absolute Gasteiger partial charge is 0.334 e. The number of hydrogen-bond donors (Lipinski definition) is 3. The second-order valence-electron chi connectivity index (χ2n) is 13.5. The molecule has 10 atom stereocenters. The monoisotopic (exact) mass is 544 g/mol. The van der Waals surface area contributed by atoms with E-state index in [-0.39, 0.29) is 50.1 Å². The first-order valence-corrected chi connectivity index (χ1v) is 14.2. The van der Waals surface area contributed by atoms with E-state index in [0.717, 1.165) is 5.57 Å². The highest BCUT2D eigenvalue weighted by atomic mass is 16.6. The molecule has 9 nitrogen and oxygen atoms in total. The van der Waals surface area contributed by atoms with Crippen molar-refractivity contribution in [1.82, 2.24) is 0 Å². The average Bonchev–Trinajstić information content (AvgIpc) is 3.52. The van der Waals surface area contributed by atoms with Gasteiger partial charge in [0, 0.05) is 18.9 Å². The Morgan fingerprint density at radius 2 is 1.90 bits per heavy atom. The fourth-order valence-electron chi connectivity index (χ4n) is 9.64. The lowest BCUT2D eigenvalue weighted by molar-refractivity contribution is -0.297. The fraction of sp³-hybridized carbons (Fsp3) is 0.767. The molecular formula is C30H40O9. The first kappa shape index (κ1) is 27.1. The Morgan fingerprint density at radius 3 is 2.56 bits per heavy atom. The minimum absolute atomic E-state index is 0.00552. The summed E-state index contributed by atoms with van der Waals surface area (Å²) in [6.07, 6.45) is 4.49. The Labute approximate surface area is 228 Å². The third-order valence-corrected chi connectivity index (χ3v) is 12.2. The number of hydrogen-bond acceptors (Lipinski definition) is 9. The Kier molecular flexibility index (Phi) is 5.58. The number of allylic oxidation sites excluding steroid dienone is 1. The van der Waals surface area contributed by atoms with Gasteiger partial charge in [-0.1, -0.05) is 11.6 Å². The van der Waals surface area contributed by atoms with Gasteiger partial charge >= 0.3 is 11.9 Å². The number of carbonyl (C=O) groups excluding carboxylic acids is 3. The fourth-order valence-corrected chi connectivity index (χ4v) is 9.64. The summed E-state index contributed by atoms with van der Waals surface area (Å²) in [5.41, 5.74) is -7.09. The van der Waals surface area contributed by atoms with Gasteiger partial charge in [-0.05, 0) is 84.1 Å². The summed E-state index contributed by atoms with van der Waals surface area (Å²) < 4.78 is 17.5. The summed E-state index contributed by atoms with van der Waals surface area (Å²) in [6.45, 7) is 7.85. The quantitative estimate of drug-likeness (QED) is 0.359. The summed E-state index contributed by atoms with van der Waals surface area (Å²) in [6, 6.07) is 0. The Hall–Kier alpha value is -2.07. The third kappa shape index (κ3) is 3.03. The maximum Gasteiger partial charge on any atom is 0.334 e. The molecule has 3 unspecified atom stereocenters. The Morgan fingerprint density at radius 1 is 1.18 bits per heavy atom. The van der Waals surface area contributed by atoms with Gasteiger partial charge < -0.3 is 29.5 Å². The van der Waals surface area contributed by atoms with Crippen molar-refractivity contribution >= 4 is 17.7 Å². The largest absolute Gasteiger partial charge is 0.465 e. The highest BCUT2D eigenvalue weighted by Gasteiger charge is 2.83. The third-order valence-electron chi connectivity index (χ3n) is 12.2. The molecule has 0 aromatic heterocycles. The lowest BCUT2D eigenvalue weighted by Gasteiger charge is -2.64. The molecule has 4 aliphatic carbocycles. The highest BCUT2D eigenvalue weighted by Crippen LogP contribution is 2.75. The van der Waals surface area contributed by atoms with E-state index in [1.807, 2.05) is 13.0 Å². The van der Waals surface area contributed by atoms with Gasteiger partial charge in [-0.2, -0.15) is 0 Å². The number of fused-ring (bicyclic) bond motifs is 4. The lowest BCUT2D eigenvalue weighted by Crippen LogP contribution is -2.75. The van der Waals surface area contributed by atoms with E-state index >= 15 is 0 Å². The zero-order valence-electron chi connectivity index (χ0n) is 23.4. The molecule has 39 heavy (non-hydrogen) atoms. The van der Waals surface area contributed by atoms with Crippen molar-refractivity contribution in [1.29, 1.82) is 0 Å². The summed E-state index contributed by atoms with van der Waals surface area (Å²) in [5, 5.41) is 37.6. The van der Waals surface area contributed by atoms with Crippen LogP contribution in [0.2, 0.25) is 0 Å². The number of aliphatic hydroxyl groups is 3. The molecule has 1 spiro atoms. The van der Waals surface area contributed by atoms with Gasteiger partial charge in [0.05, 0.1) is 22.5 Å². The second-order valence-corrected chi connectivity index (χ2v) is 13.5. The molecule has 6 rings (SSSR count). The number of ether oxygens (including phenoxy) is 3. The molecule has 3 saturated carbocycles. The SMILES string of the molecule is CC(=O)OC[C@]12CCC3C(C[C@H]4O[C@]45CC=CC(=O)[C@]35C)[C@]1(O)CC[C@@]2(O)[C@@](C)(O)C1CC(C)=C(C)C(=O)O1. The van der Waals surface area contributed by atoms with E-state index in [4.69, 9.17) is 14.2 Å². The van der Waals surface area contributed by atoms with Crippen LogP contribution in [0.25, 0.3) is 0 Å². The Balaban J connectivity index is 1.44. The van der Waals surface area contributed by atoms with Gasteiger partial charge in [0.2, 0.25) is 0 Å². The molecule has 4 fully saturated rings. The van der Waals surface area contributed by atoms with Gasteiger partial charge in [0.1, 0.15) is 29.5 Å². The van der Waals surface area contributed by atoms with Crippen LogP contribution in [0.3, 0.4) is 0 Å². The van der Waals surface area contributed by atoms with Crippen LogP contribution in [0.15, 0.2) is 23.3 Å². The number of epoxide rings is 1. The molecule has 0 radical (unpaired) electrons. The maximum absolute atomic E-state index is 13.4. The maximum atomic E-state index is 13.4. The standard InChI is InChI=1S/C30H40O9/c1-16-13-22(38-24(33)17(16)2)26(5,34)30(36)12-11-28(35)20-14-23-29(39-23)9-6-7-21(32)25(29,4)19(20)8-10-27(28,30)15-37-18(3)31/h6-7,19-20,22-23,34-36H,8-15H2,1-5H3/t19?,20?,22?,23-,25+,26+,27-,28-,29-,30-/m1/s1. The Bertz CT molecular complexity index is 1220. The van der Waals surface area contributed by atoms with Gasteiger partial charge in [-0.25, -0.2) is 4.79 Å². The van der Waals surface area contributed by atoms with Crippen molar-refractivity contribution in [2.75, 3.05) is 6.61 Å². The van der Waals surface area contributed by atoms with Crippen molar-refractivity contribution in [2.45, 2.75) is 114 Å². The predicted molar refractivity (Wildman–Crippen MR) is 137 cm³/mol. The number of rotatable bonds is 4. The molecule has 3 N–H and O–H groups in total. The van der Waals surface area contributed by atoms with Crippen LogP contribution >= 0.6 is 0 Å². The highest BCUT2D eigenvalue weighted by molar-refractivity contribution is 5.97. The number of cyclic esters (lactones) is 1. The van der Waals surface area contributed by atoms with Crippen molar-refractivity contribution in [2.24, 2.45) is 22.7 Å². The zero-order chi connectivity index (χ0) is 28.4. The first-order valence-electron chi connectivity index (χ1n) is 14.2. The molecule has 2 heterocycles. The summed E-state index contributed by atoms with van der Waals surface area (Å²) in [5.74, 6) is -1.75. The van der Waals surface area contributed by atoms with E-state index in [1.54, 1.807) is 19.9 Å². The number of esters is 2. The molecule has 0 bridgehead atoms. The summed E-state index contributed by atoms with van der Waals surface area (Å²) in [4.78, 5) is 38.1. The van der Waals surface area contributed by atoms with Crippen LogP contribution in [-0.4, -0.2) is 74.3 Å². The first-order chi connectivity index (χ1) is 18.1. The molecular weight excluding hydrogens is 504 g/mol. The van der Waals surface area contributed by atoms with Crippen molar-refractivity contribution in [3.63, 3.8) is 0 Å². The van der Waals surface area contributed by atoms with Crippen LogP contribution in [0, 0.1) is 22.7 Å². The predicted octanol–water partition coefficient (Wildman–Crippen LogP) is 2.30. The number of ketones is 1. The van der Waals surface area contributed by atoms with Crippen molar-refractivity contribution in [3.05, 3.63) is 23.3 Å². The molecule has 0 aromatic rings. The van der Waals surface area contributed by atoms with Crippen LogP contribution in [0.1, 0.15) is 79.6 Å². The molecule has 0 amide bonds. The molecule has 6 aliphatic rings.